The number of hydrogen-bond donors (Lipinski definition) is 0. The van der Waals surface area contributed by atoms with Crippen LogP contribution in [0.2, 0.25) is 10.0 Å². The van der Waals surface area contributed by atoms with E-state index in [9.17, 15) is 19.2 Å². The van der Waals surface area contributed by atoms with Crippen molar-refractivity contribution in [1.82, 2.24) is 9.80 Å². The molecule has 1 heterocycles. The van der Waals surface area contributed by atoms with Gasteiger partial charge in [-0.3, -0.25) is 24.2 Å². The Hall–Kier alpha value is -2.70. The van der Waals surface area contributed by atoms with Gasteiger partial charge in [0.25, 0.3) is 0 Å². The molecule has 0 N–H and O–H groups in total. The van der Waals surface area contributed by atoms with Gasteiger partial charge in [-0.15, -0.1) is 0 Å². The summed E-state index contributed by atoms with van der Waals surface area (Å²) in [6, 6.07) is 12.9. The van der Waals surface area contributed by atoms with Crippen LogP contribution in [0.1, 0.15) is 35.8 Å². The van der Waals surface area contributed by atoms with Gasteiger partial charge in [0.1, 0.15) is 11.2 Å². The summed E-state index contributed by atoms with van der Waals surface area (Å²) in [5.41, 5.74) is -0.351. The zero-order valence-electron chi connectivity index (χ0n) is 17.0. The molecule has 2 fully saturated rings. The minimum absolute atomic E-state index is 0.0130. The molecule has 2 atom stereocenters. The topological polar surface area (TPSA) is 74.8 Å². The van der Waals surface area contributed by atoms with E-state index in [0.29, 0.717) is 21.2 Å². The summed E-state index contributed by atoms with van der Waals surface area (Å²) in [4.78, 5) is 54.9. The van der Waals surface area contributed by atoms with Gasteiger partial charge in [0.15, 0.2) is 0 Å². The molecule has 2 aromatic rings. The number of barbiturate groups is 1. The van der Waals surface area contributed by atoms with E-state index in [-0.39, 0.29) is 18.6 Å². The maximum Gasteiger partial charge on any atom is 0.332 e. The number of urea groups is 1. The van der Waals surface area contributed by atoms with Crippen molar-refractivity contribution in [3.05, 3.63) is 69.7 Å². The maximum atomic E-state index is 13.8. The number of ketones is 1. The molecule has 1 aliphatic carbocycles. The lowest BCUT2D eigenvalue weighted by Gasteiger charge is -2.51. The Balaban J connectivity index is 1.99. The first-order valence-corrected chi connectivity index (χ1v) is 10.6. The first-order valence-electron chi connectivity index (χ1n) is 9.80. The largest absolute Gasteiger partial charge is 0.332 e. The Morgan fingerprint density at radius 3 is 1.42 bits per heavy atom. The van der Waals surface area contributed by atoms with E-state index in [1.807, 2.05) is 0 Å². The summed E-state index contributed by atoms with van der Waals surface area (Å²) < 4.78 is 0. The van der Waals surface area contributed by atoms with Gasteiger partial charge in [0.05, 0.1) is 0 Å². The highest BCUT2D eigenvalue weighted by Crippen LogP contribution is 2.57. The Kier molecular flexibility index (Phi) is 5.40. The fraction of sp³-hybridized carbons (Fsp3) is 0.304. The van der Waals surface area contributed by atoms with Crippen molar-refractivity contribution in [1.29, 1.82) is 0 Å². The summed E-state index contributed by atoms with van der Waals surface area (Å²) in [5, 5.41) is 1.000. The molecule has 1 saturated carbocycles. The van der Waals surface area contributed by atoms with Gasteiger partial charge in [-0.1, -0.05) is 47.5 Å². The number of carbonyl (C=O) groups is 4. The summed E-state index contributed by atoms with van der Waals surface area (Å²) >= 11 is 12.1. The molecule has 0 radical (unpaired) electrons. The zero-order chi connectivity index (χ0) is 22.5. The van der Waals surface area contributed by atoms with Crippen LogP contribution >= 0.6 is 23.2 Å². The highest BCUT2D eigenvalue weighted by atomic mass is 35.5. The monoisotopic (exact) mass is 458 g/mol. The van der Waals surface area contributed by atoms with E-state index < -0.39 is 35.1 Å². The molecular formula is C23H20Cl2N2O4. The lowest BCUT2D eigenvalue weighted by atomic mass is 9.54. The Morgan fingerprint density at radius 2 is 1.06 bits per heavy atom. The first-order chi connectivity index (χ1) is 14.7. The van der Waals surface area contributed by atoms with E-state index in [2.05, 4.69) is 0 Å². The fourth-order valence-electron chi connectivity index (χ4n) is 4.90. The smallest absolute Gasteiger partial charge is 0.300 e. The minimum atomic E-state index is -1.65. The van der Waals surface area contributed by atoms with Crippen LogP contribution in [-0.2, 0) is 14.4 Å². The summed E-state index contributed by atoms with van der Waals surface area (Å²) in [6.45, 7) is 0. The van der Waals surface area contributed by atoms with Gasteiger partial charge in [0, 0.05) is 48.8 Å². The molecule has 4 amide bonds. The van der Waals surface area contributed by atoms with Crippen molar-refractivity contribution in [2.75, 3.05) is 14.1 Å². The van der Waals surface area contributed by atoms with E-state index in [4.69, 9.17) is 23.2 Å². The fourth-order valence-corrected chi connectivity index (χ4v) is 5.15. The third-order valence-electron chi connectivity index (χ3n) is 6.40. The number of carbonyl (C=O) groups excluding carboxylic acids is 4. The third kappa shape index (κ3) is 3.25. The summed E-state index contributed by atoms with van der Waals surface area (Å²) in [6.07, 6.45) is 0.0259. The van der Waals surface area contributed by atoms with Crippen LogP contribution in [0.25, 0.3) is 0 Å². The normalized spacial score (nSPS) is 23.6. The quantitative estimate of drug-likeness (QED) is 0.629. The predicted molar refractivity (Wildman–Crippen MR) is 116 cm³/mol. The molecule has 0 aromatic heterocycles. The van der Waals surface area contributed by atoms with Crippen LogP contribution in [0.5, 0.6) is 0 Å². The van der Waals surface area contributed by atoms with Crippen molar-refractivity contribution < 1.29 is 19.2 Å². The second-order valence-electron chi connectivity index (χ2n) is 8.04. The third-order valence-corrected chi connectivity index (χ3v) is 6.90. The van der Waals surface area contributed by atoms with Crippen LogP contribution in [0.4, 0.5) is 4.79 Å². The van der Waals surface area contributed by atoms with Crippen molar-refractivity contribution in [2.45, 2.75) is 24.7 Å². The second kappa shape index (κ2) is 7.77. The molecule has 160 valence electrons. The molecule has 0 bridgehead atoms. The Labute approximate surface area is 189 Å². The van der Waals surface area contributed by atoms with Crippen LogP contribution in [-0.4, -0.2) is 47.5 Å². The average Bonchev–Trinajstić information content (AvgIpc) is 2.76. The summed E-state index contributed by atoms with van der Waals surface area (Å²) in [7, 11) is 2.73. The van der Waals surface area contributed by atoms with Crippen molar-refractivity contribution >= 4 is 46.8 Å². The molecule has 4 rings (SSSR count). The number of benzene rings is 2. The summed E-state index contributed by atoms with van der Waals surface area (Å²) in [5.74, 6) is -2.76. The molecule has 0 unspecified atom stereocenters. The van der Waals surface area contributed by atoms with Gasteiger partial charge in [-0.2, -0.15) is 0 Å². The number of amides is 4. The van der Waals surface area contributed by atoms with Gasteiger partial charge in [0.2, 0.25) is 11.8 Å². The lowest BCUT2D eigenvalue weighted by molar-refractivity contribution is -0.163. The molecule has 8 heteroatoms. The molecule has 1 aliphatic heterocycles. The SMILES string of the molecule is CN1C(=O)N(C)C(=O)C2(C1=O)[C@@H](c1ccc(Cl)cc1)CC(=O)C[C@H]2c1ccc(Cl)cc1. The van der Waals surface area contributed by atoms with Gasteiger partial charge >= 0.3 is 6.03 Å². The molecule has 31 heavy (non-hydrogen) atoms. The number of imide groups is 2. The zero-order valence-corrected chi connectivity index (χ0v) is 18.5. The van der Waals surface area contributed by atoms with Crippen LogP contribution in [0.3, 0.4) is 0 Å². The number of hydrogen-bond acceptors (Lipinski definition) is 4. The Bertz CT molecular complexity index is 998. The van der Waals surface area contributed by atoms with Crippen LogP contribution in [0, 0.1) is 5.41 Å². The van der Waals surface area contributed by atoms with Crippen molar-refractivity contribution in [3.8, 4) is 0 Å². The van der Waals surface area contributed by atoms with Gasteiger partial charge in [-0.05, 0) is 35.4 Å². The molecule has 2 aromatic carbocycles. The number of Topliss-reactive ketones (excluding diaryl/α,β-unsaturated/α-hetero) is 1. The van der Waals surface area contributed by atoms with E-state index in [0.717, 1.165) is 9.80 Å². The number of nitrogens with zero attached hydrogens (tertiary/aromatic N) is 2. The highest BCUT2D eigenvalue weighted by molar-refractivity contribution is 6.31. The molecule has 2 aliphatic rings. The van der Waals surface area contributed by atoms with Gasteiger partial charge < -0.3 is 0 Å². The highest BCUT2D eigenvalue weighted by Gasteiger charge is 2.66. The van der Waals surface area contributed by atoms with Crippen LogP contribution in [0.15, 0.2) is 48.5 Å². The average molecular weight is 459 g/mol. The molecule has 1 spiro atoms. The van der Waals surface area contributed by atoms with Crippen molar-refractivity contribution in [2.24, 2.45) is 5.41 Å². The van der Waals surface area contributed by atoms with E-state index >= 15 is 0 Å². The maximum absolute atomic E-state index is 13.8. The minimum Gasteiger partial charge on any atom is -0.300 e. The Morgan fingerprint density at radius 1 is 0.710 bits per heavy atom. The van der Waals surface area contributed by atoms with Crippen molar-refractivity contribution in [3.63, 3.8) is 0 Å². The molecule has 6 nitrogen and oxygen atoms in total. The standard InChI is InChI=1S/C23H20Cl2N2O4/c1-26-20(29)23(21(30)27(2)22(26)31)18(13-3-7-15(24)8-4-13)11-17(28)12-19(23)14-5-9-16(25)10-6-14/h3-10,18-19H,11-12H2,1-2H3/t18-,19+. The molecule has 1 saturated heterocycles. The number of rotatable bonds is 2. The van der Waals surface area contributed by atoms with Crippen LogP contribution < -0.4 is 0 Å². The first kappa shape index (κ1) is 21.5. The molecular weight excluding hydrogens is 439 g/mol. The van der Waals surface area contributed by atoms with E-state index in [1.54, 1.807) is 48.5 Å². The number of halogens is 2. The van der Waals surface area contributed by atoms with E-state index in [1.165, 1.54) is 14.1 Å². The second-order valence-corrected chi connectivity index (χ2v) is 8.91. The lowest BCUT2D eigenvalue weighted by Crippen LogP contribution is -2.68. The van der Waals surface area contributed by atoms with Gasteiger partial charge in [-0.25, -0.2) is 4.79 Å². The predicted octanol–water partition coefficient (Wildman–Crippen LogP) is 4.26.